The molecule has 0 spiro atoms. The number of hydrogen-bond donors (Lipinski definition) is 2. The molecule has 2 rings (SSSR count). The minimum atomic E-state index is -0.975. The molecule has 0 radical (unpaired) electrons. The van der Waals surface area contributed by atoms with Crippen molar-refractivity contribution in [2.75, 3.05) is 0 Å². The van der Waals surface area contributed by atoms with Gasteiger partial charge in [0.15, 0.2) is 0 Å². The van der Waals surface area contributed by atoms with Gasteiger partial charge in [-0.15, -0.1) is 0 Å². The maximum atomic E-state index is 12.4. The second-order valence-corrected chi connectivity index (χ2v) is 5.71. The minimum absolute atomic E-state index is 0.129. The zero-order valence-corrected chi connectivity index (χ0v) is 11.9. The molecule has 20 heavy (non-hydrogen) atoms. The van der Waals surface area contributed by atoms with E-state index in [9.17, 15) is 14.7 Å². The van der Waals surface area contributed by atoms with Gasteiger partial charge in [-0.2, -0.15) is 0 Å². The number of carbonyl (C=O) groups is 2. The number of aryl methyl sites for hydroxylation is 1. The molecule has 0 saturated heterocycles. The highest BCUT2D eigenvalue weighted by Gasteiger charge is 2.30. The molecule has 1 amide bonds. The van der Waals surface area contributed by atoms with E-state index in [0.29, 0.717) is 0 Å². The van der Waals surface area contributed by atoms with Gasteiger partial charge in [0, 0.05) is 0 Å². The first kappa shape index (κ1) is 14.6. The molecule has 1 aromatic rings. The lowest BCUT2D eigenvalue weighted by molar-refractivity contribution is -0.143. The second-order valence-electron chi connectivity index (χ2n) is 5.71. The van der Waals surface area contributed by atoms with Crippen LogP contribution >= 0.6 is 0 Å². The Hall–Kier alpha value is -1.84. The maximum absolute atomic E-state index is 12.4. The molecular formula is C16H21NO3. The molecule has 0 saturated carbocycles. The monoisotopic (exact) mass is 275 g/mol. The number of carboxylic acids is 1. The summed E-state index contributed by atoms with van der Waals surface area (Å²) in [6, 6.07) is 7.11. The molecule has 0 heterocycles. The molecule has 0 aliphatic heterocycles. The number of aliphatic carboxylic acids is 1. The number of hydrogen-bond acceptors (Lipinski definition) is 2. The zero-order chi connectivity index (χ0) is 14.7. The van der Waals surface area contributed by atoms with Crippen molar-refractivity contribution in [3.63, 3.8) is 0 Å². The molecule has 0 unspecified atom stereocenters. The summed E-state index contributed by atoms with van der Waals surface area (Å²) in [6.07, 6.45) is 2.74. The van der Waals surface area contributed by atoms with Crippen LogP contribution < -0.4 is 5.32 Å². The first-order chi connectivity index (χ1) is 9.50. The molecule has 2 atom stereocenters. The summed E-state index contributed by atoms with van der Waals surface area (Å²) in [5.74, 6) is -1.49. The SMILES string of the molecule is CC(C)[C@H](NC(=O)[C@H]1CCCc2ccccc21)C(=O)O. The van der Waals surface area contributed by atoms with Crippen LogP contribution in [0.5, 0.6) is 0 Å². The number of nitrogens with one attached hydrogen (secondary N) is 1. The highest BCUT2D eigenvalue weighted by molar-refractivity contribution is 5.88. The predicted octanol–water partition coefficient (Wildman–Crippen LogP) is 2.33. The summed E-state index contributed by atoms with van der Waals surface area (Å²) < 4.78 is 0. The number of benzene rings is 1. The number of amides is 1. The predicted molar refractivity (Wildman–Crippen MR) is 76.5 cm³/mol. The highest BCUT2D eigenvalue weighted by atomic mass is 16.4. The summed E-state index contributed by atoms with van der Waals surface area (Å²) in [4.78, 5) is 23.6. The minimum Gasteiger partial charge on any atom is -0.480 e. The van der Waals surface area contributed by atoms with Gasteiger partial charge in [-0.1, -0.05) is 38.1 Å². The van der Waals surface area contributed by atoms with E-state index in [1.165, 1.54) is 5.56 Å². The van der Waals surface area contributed by atoms with E-state index in [1.54, 1.807) is 13.8 Å². The fraction of sp³-hybridized carbons (Fsp3) is 0.500. The lowest BCUT2D eigenvalue weighted by Gasteiger charge is -2.27. The van der Waals surface area contributed by atoms with Crippen LogP contribution in [-0.2, 0) is 16.0 Å². The Balaban J connectivity index is 2.16. The molecular weight excluding hydrogens is 254 g/mol. The Bertz CT molecular complexity index is 510. The number of rotatable bonds is 4. The molecule has 108 valence electrons. The molecule has 0 aromatic heterocycles. The fourth-order valence-corrected chi connectivity index (χ4v) is 2.79. The average Bonchev–Trinajstić information content (AvgIpc) is 2.43. The standard InChI is InChI=1S/C16H21NO3/c1-10(2)14(16(19)20)17-15(18)13-9-5-7-11-6-3-4-8-12(11)13/h3-4,6,8,10,13-14H,5,7,9H2,1-2H3,(H,17,18)(H,19,20)/t13-,14-/m0/s1. The van der Waals surface area contributed by atoms with Gasteiger partial charge in [-0.25, -0.2) is 4.79 Å². The lowest BCUT2D eigenvalue weighted by Crippen LogP contribution is -2.46. The van der Waals surface area contributed by atoms with Crippen molar-refractivity contribution in [2.45, 2.75) is 45.1 Å². The third-order valence-electron chi connectivity index (χ3n) is 3.92. The Morgan fingerprint density at radius 1 is 1.30 bits per heavy atom. The molecule has 0 bridgehead atoms. The van der Waals surface area contributed by atoms with Crippen molar-refractivity contribution < 1.29 is 14.7 Å². The summed E-state index contributed by atoms with van der Waals surface area (Å²) in [6.45, 7) is 3.60. The molecule has 4 heteroatoms. The smallest absolute Gasteiger partial charge is 0.326 e. The van der Waals surface area contributed by atoms with Crippen LogP contribution in [0.1, 0.15) is 43.7 Å². The van der Waals surface area contributed by atoms with E-state index in [-0.39, 0.29) is 17.7 Å². The van der Waals surface area contributed by atoms with Crippen molar-refractivity contribution in [1.29, 1.82) is 0 Å². The van der Waals surface area contributed by atoms with Crippen LogP contribution in [0.15, 0.2) is 24.3 Å². The Kier molecular flexibility index (Phi) is 4.42. The van der Waals surface area contributed by atoms with E-state index in [0.717, 1.165) is 24.8 Å². The number of carbonyl (C=O) groups excluding carboxylic acids is 1. The zero-order valence-electron chi connectivity index (χ0n) is 11.9. The van der Waals surface area contributed by atoms with E-state index in [1.807, 2.05) is 24.3 Å². The van der Waals surface area contributed by atoms with E-state index in [2.05, 4.69) is 5.32 Å². The molecule has 2 N–H and O–H groups in total. The lowest BCUT2D eigenvalue weighted by atomic mass is 9.82. The van der Waals surface area contributed by atoms with E-state index >= 15 is 0 Å². The Morgan fingerprint density at radius 3 is 2.65 bits per heavy atom. The van der Waals surface area contributed by atoms with Crippen molar-refractivity contribution in [3.05, 3.63) is 35.4 Å². The Labute approximate surface area is 119 Å². The molecule has 1 aliphatic carbocycles. The molecule has 1 aliphatic rings. The van der Waals surface area contributed by atoms with Gasteiger partial charge in [-0.3, -0.25) is 4.79 Å². The molecule has 1 aromatic carbocycles. The van der Waals surface area contributed by atoms with Gasteiger partial charge in [0.05, 0.1) is 5.92 Å². The van der Waals surface area contributed by atoms with Gasteiger partial charge in [0.1, 0.15) is 6.04 Å². The largest absolute Gasteiger partial charge is 0.480 e. The van der Waals surface area contributed by atoms with Gasteiger partial charge >= 0.3 is 5.97 Å². The first-order valence-corrected chi connectivity index (χ1v) is 7.11. The van der Waals surface area contributed by atoms with Gasteiger partial charge in [0.25, 0.3) is 0 Å². The van der Waals surface area contributed by atoms with Crippen LogP contribution in [0, 0.1) is 5.92 Å². The van der Waals surface area contributed by atoms with Crippen LogP contribution in [-0.4, -0.2) is 23.0 Å². The van der Waals surface area contributed by atoms with E-state index in [4.69, 9.17) is 0 Å². The first-order valence-electron chi connectivity index (χ1n) is 7.11. The van der Waals surface area contributed by atoms with Gasteiger partial charge < -0.3 is 10.4 Å². The normalized spacial score (nSPS) is 19.2. The van der Waals surface area contributed by atoms with Crippen molar-refractivity contribution in [3.8, 4) is 0 Å². The third-order valence-corrected chi connectivity index (χ3v) is 3.92. The summed E-state index contributed by atoms with van der Waals surface area (Å²) >= 11 is 0. The van der Waals surface area contributed by atoms with Crippen LogP contribution in [0.4, 0.5) is 0 Å². The van der Waals surface area contributed by atoms with Crippen LogP contribution in [0.25, 0.3) is 0 Å². The summed E-state index contributed by atoms with van der Waals surface area (Å²) in [5, 5.41) is 11.9. The number of fused-ring (bicyclic) bond motifs is 1. The van der Waals surface area contributed by atoms with Gasteiger partial charge in [-0.05, 0) is 36.3 Å². The van der Waals surface area contributed by atoms with E-state index < -0.39 is 12.0 Å². The highest BCUT2D eigenvalue weighted by Crippen LogP contribution is 2.31. The van der Waals surface area contributed by atoms with Crippen LogP contribution in [0.2, 0.25) is 0 Å². The van der Waals surface area contributed by atoms with Crippen molar-refractivity contribution >= 4 is 11.9 Å². The van der Waals surface area contributed by atoms with Gasteiger partial charge in [0.2, 0.25) is 5.91 Å². The molecule has 0 fully saturated rings. The Morgan fingerprint density at radius 2 is 2.00 bits per heavy atom. The average molecular weight is 275 g/mol. The fourth-order valence-electron chi connectivity index (χ4n) is 2.79. The van der Waals surface area contributed by atoms with Crippen molar-refractivity contribution in [2.24, 2.45) is 5.92 Å². The quantitative estimate of drug-likeness (QED) is 0.886. The van der Waals surface area contributed by atoms with Crippen LogP contribution in [0.3, 0.4) is 0 Å². The topological polar surface area (TPSA) is 66.4 Å². The van der Waals surface area contributed by atoms with Crippen molar-refractivity contribution in [1.82, 2.24) is 5.32 Å². The summed E-state index contributed by atoms with van der Waals surface area (Å²) in [7, 11) is 0. The maximum Gasteiger partial charge on any atom is 0.326 e. The second kappa shape index (κ2) is 6.07. The summed E-state index contributed by atoms with van der Waals surface area (Å²) in [5.41, 5.74) is 2.25. The third kappa shape index (κ3) is 3.00. The molecule has 4 nitrogen and oxygen atoms in total. The number of carboxylic acid groups (broad SMARTS) is 1.